The molecule has 1 aromatic rings. The Morgan fingerprint density at radius 2 is 1.84 bits per heavy atom. The van der Waals surface area contributed by atoms with Gasteiger partial charge in [-0.25, -0.2) is 0 Å². The first-order valence-electron chi connectivity index (χ1n) is 10.2. The maximum atomic E-state index is 12.6. The van der Waals surface area contributed by atoms with Crippen LogP contribution in [0, 0.1) is 5.92 Å². The molecule has 1 aromatic heterocycles. The lowest BCUT2D eigenvalue weighted by atomic mass is 9.86. The van der Waals surface area contributed by atoms with Crippen LogP contribution in [0.15, 0.2) is 0 Å². The average Bonchev–Trinajstić information content (AvgIpc) is 3.11. The highest BCUT2D eigenvalue weighted by atomic mass is 16.2. The first-order chi connectivity index (χ1) is 12.3. The van der Waals surface area contributed by atoms with Crippen LogP contribution in [0.1, 0.15) is 75.4 Å². The summed E-state index contributed by atoms with van der Waals surface area (Å²) in [6.45, 7) is 4.56. The van der Waals surface area contributed by atoms with Gasteiger partial charge in [0.25, 0.3) is 0 Å². The van der Waals surface area contributed by atoms with Crippen LogP contribution < -0.4 is 5.32 Å². The minimum Gasteiger partial charge on any atom is -0.343 e. The van der Waals surface area contributed by atoms with Crippen LogP contribution in [0.25, 0.3) is 0 Å². The number of nitrogens with one attached hydrogen (secondary N) is 1. The van der Waals surface area contributed by atoms with Gasteiger partial charge in [-0.2, -0.15) is 0 Å². The van der Waals surface area contributed by atoms with Gasteiger partial charge in [-0.1, -0.05) is 32.1 Å². The summed E-state index contributed by atoms with van der Waals surface area (Å²) in [6.07, 6.45) is 10.7. The van der Waals surface area contributed by atoms with E-state index in [0.29, 0.717) is 11.8 Å². The van der Waals surface area contributed by atoms with E-state index in [-0.39, 0.29) is 0 Å². The summed E-state index contributed by atoms with van der Waals surface area (Å²) in [7, 11) is 0. The standard InChI is InChI=1S/C19H31N5O/c25-18(7-6-15-4-2-1-3-5-15)23-11-8-16(9-12-23)19-22-21-17-14-20-10-13-24(17)19/h15-16,20H,1-14H2. The van der Waals surface area contributed by atoms with Gasteiger partial charge in [-0.15, -0.1) is 10.2 Å². The summed E-state index contributed by atoms with van der Waals surface area (Å²) < 4.78 is 2.29. The zero-order valence-electron chi connectivity index (χ0n) is 15.3. The molecule has 1 N–H and O–H groups in total. The lowest BCUT2D eigenvalue weighted by Gasteiger charge is -2.32. The van der Waals surface area contributed by atoms with E-state index in [9.17, 15) is 4.79 Å². The molecule has 4 rings (SSSR count). The lowest BCUT2D eigenvalue weighted by Crippen LogP contribution is -2.39. The molecule has 3 aliphatic rings. The molecule has 0 unspecified atom stereocenters. The van der Waals surface area contributed by atoms with Crippen molar-refractivity contribution in [3.05, 3.63) is 11.6 Å². The van der Waals surface area contributed by atoms with Crippen molar-refractivity contribution in [3.63, 3.8) is 0 Å². The van der Waals surface area contributed by atoms with Gasteiger partial charge < -0.3 is 14.8 Å². The van der Waals surface area contributed by atoms with Crippen molar-refractivity contribution in [3.8, 4) is 0 Å². The third-order valence-corrected chi connectivity index (χ3v) is 6.36. The Morgan fingerprint density at radius 1 is 1.04 bits per heavy atom. The predicted octanol–water partition coefficient (Wildman–Crippen LogP) is 2.45. The van der Waals surface area contributed by atoms with Crippen LogP contribution >= 0.6 is 0 Å². The molecular weight excluding hydrogens is 314 g/mol. The fourth-order valence-electron chi connectivity index (χ4n) is 4.77. The van der Waals surface area contributed by atoms with Crippen LogP contribution in [0.5, 0.6) is 0 Å². The number of carbonyl (C=O) groups excluding carboxylic acids is 1. The Morgan fingerprint density at radius 3 is 2.64 bits per heavy atom. The summed E-state index contributed by atoms with van der Waals surface area (Å²) in [4.78, 5) is 14.6. The Hall–Kier alpha value is -1.43. The Kier molecular flexibility index (Phi) is 5.34. The Balaban J connectivity index is 1.26. The first-order valence-corrected chi connectivity index (χ1v) is 10.2. The van der Waals surface area contributed by atoms with E-state index in [1.165, 1.54) is 32.1 Å². The van der Waals surface area contributed by atoms with E-state index in [2.05, 4.69) is 25.0 Å². The van der Waals surface area contributed by atoms with Gasteiger partial charge in [0.2, 0.25) is 5.91 Å². The molecule has 0 radical (unpaired) electrons. The molecule has 1 saturated heterocycles. The normalized spacial score (nSPS) is 22.8. The smallest absolute Gasteiger partial charge is 0.222 e. The van der Waals surface area contributed by atoms with Gasteiger partial charge in [-0.3, -0.25) is 4.79 Å². The highest BCUT2D eigenvalue weighted by Gasteiger charge is 2.29. The number of carbonyl (C=O) groups is 1. The van der Waals surface area contributed by atoms with E-state index in [1.54, 1.807) is 0 Å². The molecule has 138 valence electrons. The Labute approximate surface area is 150 Å². The second-order valence-electron chi connectivity index (χ2n) is 8.00. The van der Waals surface area contributed by atoms with Crippen LogP contribution in [0.3, 0.4) is 0 Å². The largest absolute Gasteiger partial charge is 0.343 e. The maximum absolute atomic E-state index is 12.6. The zero-order valence-corrected chi connectivity index (χ0v) is 15.3. The monoisotopic (exact) mass is 345 g/mol. The Bertz CT molecular complexity index is 585. The third kappa shape index (κ3) is 3.89. The van der Waals surface area contributed by atoms with Crippen molar-refractivity contribution >= 4 is 5.91 Å². The van der Waals surface area contributed by atoms with E-state index in [1.807, 2.05) is 0 Å². The summed E-state index contributed by atoms with van der Waals surface area (Å²) in [5.41, 5.74) is 0. The van der Waals surface area contributed by atoms with E-state index in [0.717, 1.165) is 76.0 Å². The van der Waals surface area contributed by atoms with Gasteiger partial charge >= 0.3 is 0 Å². The fourth-order valence-corrected chi connectivity index (χ4v) is 4.77. The number of hydrogen-bond acceptors (Lipinski definition) is 4. The molecule has 2 fully saturated rings. The van der Waals surface area contributed by atoms with Gasteiger partial charge in [0.1, 0.15) is 11.6 Å². The second kappa shape index (κ2) is 7.85. The van der Waals surface area contributed by atoms with Gasteiger partial charge in [-0.05, 0) is 25.2 Å². The highest BCUT2D eigenvalue weighted by molar-refractivity contribution is 5.76. The predicted molar refractivity (Wildman–Crippen MR) is 96.1 cm³/mol. The molecular formula is C19H31N5O. The van der Waals surface area contributed by atoms with E-state index >= 15 is 0 Å². The molecule has 6 heteroatoms. The molecule has 1 amide bonds. The number of likely N-dealkylation sites (tertiary alicyclic amines) is 1. The number of hydrogen-bond donors (Lipinski definition) is 1. The summed E-state index contributed by atoms with van der Waals surface area (Å²) in [6, 6.07) is 0. The maximum Gasteiger partial charge on any atom is 0.222 e. The molecule has 6 nitrogen and oxygen atoms in total. The quantitative estimate of drug-likeness (QED) is 0.910. The third-order valence-electron chi connectivity index (χ3n) is 6.36. The van der Waals surface area contributed by atoms with Crippen molar-refractivity contribution < 1.29 is 4.79 Å². The molecule has 0 spiro atoms. The molecule has 1 aliphatic carbocycles. The number of piperidine rings is 1. The molecule has 0 bridgehead atoms. The van der Waals surface area contributed by atoms with Crippen LogP contribution in [-0.2, 0) is 17.9 Å². The summed E-state index contributed by atoms with van der Waals surface area (Å²) in [5.74, 6) is 3.84. The van der Waals surface area contributed by atoms with Crippen LogP contribution in [0.2, 0.25) is 0 Å². The van der Waals surface area contributed by atoms with E-state index < -0.39 is 0 Å². The number of fused-ring (bicyclic) bond motifs is 1. The SMILES string of the molecule is O=C(CCC1CCCCC1)N1CCC(c2nnc3n2CCNC3)CC1. The number of amides is 1. The van der Waals surface area contributed by atoms with Gasteiger partial charge in [0, 0.05) is 38.5 Å². The van der Waals surface area contributed by atoms with Crippen molar-refractivity contribution in [2.24, 2.45) is 5.92 Å². The van der Waals surface area contributed by atoms with Crippen molar-refractivity contribution in [1.29, 1.82) is 0 Å². The minimum atomic E-state index is 0.372. The highest BCUT2D eigenvalue weighted by Crippen LogP contribution is 2.30. The number of aromatic nitrogens is 3. The molecule has 1 saturated carbocycles. The van der Waals surface area contributed by atoms with E-state index in [4.69, 9.17) is 0 Å². The molecule has 0 aromatic carbocycles. The number of rotatable bonds is 4. The van der Waals surface area contributed by atoms with Crippen LogP contribution in [0.4, 0.5) is 0 Å². The second-order valence-corrected chi connectivity index (χ2v) is 8.00. The molecule has 3 heterocycles. The zero-order chi connectivity index (χ0) is 17.1. The van der Waals surface area contributed by atoms with Gasteiger partial charge in [0.05, 0.1) is 6.54 Å². The fraction of sp³-hybridized carbons (Fsp3) is 0.842. The molecule has 2 aliphatic heterocycles. The first kappa shape index (κ1) is 17.0. The number of nitrogens with zero attached hydrogens (tertiary/aromatic N) is 4. The van der Waals surface area contributed by atoms with Crippen LogP contribution in [-0.4, -0.2) is 45.2 Å². The lowest BCUT2D eigenvalue weighted by molar-refractivity contribution is -0.132. The summed E-state index contributed by atoms with van der Waals surface area (Å²) >= 11 is 0. The van der Waals surface area contributed by atoms with Crippen molar-refractivity contribution in [2.75, 3.05) is 19.6 Å². The van der Waals surface area contributed by atoms with Gasteiger partial charge in [0.15, 0.2) is 0 Å². The molecule has 25 heavy (non-hydrogen) atoms. The topological polar surface area (TPSA) is 63.1 Å². The van der Waals surface area contributed by atoms with Crippen molar-refractivity contribution in [2.45, 2.75) is 76.8 Å². The summed E-state index contributed by atoms with van der Waals surface area (Å²) in [5, 5.41) is 12.1. The average molecular weight is 345 g/mol. The molecule has 0 atom stereocenters. The minimum absolute atomic E-state index is 0.372. The van der Waals surface area contributed by atoms with Crippen molar-refractivity contribution in [1.82, 2.24) is 25.0 Å².